The molecule has 0 amide bonds. The van der Waals surface area contributed by atoms with Crippen LogP contribution in [0.4, 0.5) is 0 Å². The minimum absolute atomic E-state index is 0.0787. The average Bonchev–Trinajstić information content (AvgIpc) is 2.73. The number of ketones is 1. The SMILES string of the molecule is C[C@H]1C(=O)CC[C@@H]2[C@]1(C)CC[C@H]1[C@@]2(C)CC[C@@]2(C)[C@@H]3CC(C)(C)CC[C@]3(C(=O)O)CC[C@]12C. The number of rotatable bonds is 1. The Labute approximate surface area is 201 Å². The van der Waals surface area contributed by atoms with Crippen molar-refractivity contribution in [3.05, 3.63) is 0 Å². The second-order valence-electron chi connectivity index (χ2n) is 15.1. The molecule has 0 unspecified atom stereocenters. The second kappa shape index (κ2) is 6.88. The summed E-state index contributed by atoms with van der Waals surface area (Å²) in [5, 5.41) is 10.6. The molecule has 0 aromatic rings. The lowest BCUT2D eigenvalue weighted by Gasteiger charge is -2.74. The zero-order valence-corrected chi connectivity index (χ0v) is 22.4. The van der Waals surface area contributed by atoms with Crippen LogP contribution in [0.15, 0.2) is 0 Å². The molecular formula is C30H48O3. The van der Waals surface area contributed by atoms with Gasteiger partial charge in [-0.05, 0) is 109 Å². The highest BCUT2D eigenvalue weighted by atomic mass is 16.4. The van der Waals surface area contributed by atoms with Crippen molar-refractivity contribution >= 4 is 11.8 Å². The van der Waals surface area contributed by atoms with E-state index in [0.717, 1.165) is 57.8 Å². The molecule has 3 nitrogen and oxygen atoms in total. The summed E-state index contributed by atoms with van der Waals surface area (Å²) < 4.78 is 0. The van der Waals surface area contributed by atoms with Gasteiger partial charge in [0.25, 0.3) is 0 Å². The van der Waals surface area contributed by atoms with Crippen LogP contribution in [0.3, 0.4) is 0 Å². The van der Waals surface area contributed by atoms with Gasteiger partial charge < -0.3 is 5.11 Å². The summed E-state index contributed by atoms with van der Waals surface area (Å²) in [5.74, 6) is 1.67. The minimum Gasteiger partial charge on any atom is -0.481 e. The van der Waals surface area contributed by atoms with Crippen molar-refractivity contribution in [3.63, 3.8) is 0 Å². The Bertz CT molecular complexity index is 876. The van der Waals surface area contributed by atoms with Gasteiger partial charge in [0.05, 0.1) is 5.41 Å². The molecule has 0 radical (unpaired) electrons. The van der Waals surface area contributed by atoms with Crippen LogP contribution in [0.5, 0.6) is 0 Å². The molecule has 0 aromatic heterocycles. The van der Waals surface area contributed by atoms with Crippen LogP contribution in [-0.4, -0.2) is 16.9 Å². The number of hydrogen-bond acceptors (Lipinski definition) is 2. The van der Waals surface area contributed by atoms with Crippen LogP contribution in [-0.2, 0) is 9.59 Å². The molecule has 1 N–H and O–H groups in total. The van der Waals surface area contributed by atoms with Gasteiger partial charge >= 0.3 is 5.97 Å². The molecule has 5 rings (SSSR count). The van der Waals surface area contributed by atoms with E-state index in [2.05, 4.69) is 48.5 Å². The average molecular weight is 457 g/mol. The maximum Gasteiger partial charge on any atom is 0.309 e. The van der Waals surface area contributed by atoms with Crippen LogP contribution in [0.1, 0.15) is 119 Å². The lowest BCUT2D eigenvalue weighted by Crippen LogP contribution is -2.68. The molecule has 3 heteroatoms. The van der Waals surface area contributed by atoms with Crippen molar-refractivity contribution in [1.82, 2.24) is 0 Å². The first-order valence-electron chi connectivity index (χ1n) is 13.9. The van der Waals surface area contributed by atoms with E-state index >= 15 is 0 Å². The van der Waals surface area contributed by atoms with Gasteiger partial charge in [0.2, 0.25) is 0 Å². The van der Waals surface area contributed by atoms with Gasteiger partial charge in [-0.25, -0.2) is 0 Å². The maximum atomic E-state index is 12.9. The third-order valence-electron chi connectivity index (χ3n) is 13.7. The standard InChI is InChI=1S/C30H48O3/c1-19-20(31)8-9-21-26(19,4)11-10-22-27(21,5)13-14-29(7)23-18-25(2,3)12-16-30(23,24(32)33)17-15-28(22,29)6/h19,21-23H,8-18H2,1-7H3,(H,32,33)/t19-,21+,22-,23-,26+,27-,28+,29-,30-/m0/s1. The van der Waals surface area contributed by atoms with Crippen LogP contribution >= 0.6 is 0 Å². The normalized spacial score (nSPS) is 55.5. The number of carbonyl (C=O) groups is 2. The highest BCUT2D eigenvalue weighted by Crippen LogP contribution is 2.78. The lowest BCUT2D eigenvalue weighted by atomic mass is 9.30. The molecule has 0 heterocycles. The van der Waals surface area contributed by atoms with Crippen LogP contribution in [0, 0.1) is 56.2 Å². The molecule has 0 aliphatic heterocycles. The first-order valence-corrected chi connectivity index (χ1v) is 13.9. The second-order valence-corrected chi connectivity index (χ2v) is 15.1. The number of aliphatic carboxylic acids is 1. The van der Waals surface area contributed by atoms with E-state index < -0.39 is 11.4 Å². The van der Waals surface area contributed by atoms with Crippen molar-refractivity contribution < 1.29 is 14.7 Å². The Morgan fingerprint density at radius 2 is 1.36 bits per heavy atom. The predicted octanol–water partition coefficient (Wildman–Crippen LogP) is 7.52. The Kier molecular flexibility index (Phi) is 4.97. The van der Waals surface area contributed by atoms with E-state index in [1.165, 1.54) is 12.8 Å². The fourth-order valence-electron chi connectivity index (χ4n) is 11.2. The molecule has 33 heavy (non-hydrogen) atoms. The number of hydrogen-bond donors (Lipinski definition) is 1. The van der Waals surface area contributed by atoms with Gasteiger partial charge in [0.1, 0.15) is 5.78 Å². The first-order chi connectivity index (χ1) is 15.2. The van der Waals surface area contributed by atoms with Gasteiger partial charge in [-0.15, -0.1) is 0 Å². The van der Waals surface area contributed by atoms with E-state index in [1.54, 1.807) is 0 Å². The van der Waals surface area contributed by atoms with Crippen LogP contribution in [0.2, 0.25) is 0 Å². The van der Waals surface area contributed by atoms with Gasteiger partial charge in [0, 0.05) is 12.3 Å². The van der Waals surface area contributed by atoms with E-state index in [9.17, 15) is 14.7 Å². The van der Waals surface area contributed by atoms with Crippen molar-refractivity contribution in [2.24, 2.45) is 56.2 Å². The molecule has 0 saturated heterocycles. The molecule has 5 saturated carbocycles. The number of carbonyl (C=O) groups excluding carboxylic acids is 1. The summed E-state index contributed by atoms with van der Waals surface area (Å²) in [5.41, 5.74) is 0.376. The highest BCUT2D eigenvalue weighted by molar-refractivity contribution is 5.82. The largest absolute Gasteiger partial charge is 0.481 e. The van der Waals surface area contributed by atoms with Crippen molar-refractivity contribution in [3.8, 4) is 0 Å². The van der Waals surface area contributed by atoms with Crippen LogP contribution in [0.25, 0.3) is 0 Å². The summed E-state index contributed by atoms with van der Waals surface area (Å²) in [7, 11) is 0. The Morgan fingerprint density at radius 3 is 2.03 bits per heavy atom. The number of Topliss-reactive ketones (excluding diaryl/α,β-unsaturated/α-hetero) is 1. The monoisotopic (exact) mass is 456 g/mol. The maximum absolute atomic E-state index is 12.9. The Balaban J connectivity index is 1.57. The molecule has 9 atom stereocenters. The zero-order chi connectivity index (χ0) is 24.2. The summed E-state index contributed by atoms with van der Waals surface area (Å²) >= 11 is 0. The quantitative estimate of drug-likeness (QED) is 0.444. The van der Waals surface area contributed by atoms with E-state index in [4.69, 9.17) is 0 Å². The number of carboxylic acid groups (broad SMARTS) is 1. The molecule has 0 bridgehead atoms. The van der Waals surface area contributed by atoms with Gasteiger partial charge in [0.15, 0.2) is 0 Å². The predicted molar refractivity (Wildman–Crippen MR) is 132 cm³/mol. The molecular weight excluding hydrogens is 408 g/mol. The van der Waals surface area contributed by atoms with Crippen molar-refractivity contribution in [1.29, 1.82) is 0 Å². The van der Waals surface area contributed by atoms with E-state index in [-0.39, 0.29) is 38.9 Å². The van der Waals surface area contributed by atoms with Crippen molar-refractivity contribution in [2.45, 2.75) is 119 Å². The summed E-state index contributed by atoms with van der Waals surface area (Å²) in [4.78, 5) is 25.6. The number of fused-ring (bicyclic) bond motifs is 7. The van der Waals surface area contributed by atoms with E-state index in [1.807, 2.05) is 0 Å². The molecule has 0 aromatic carbocycles. The van der Waals surface area contributed by atoms with Gasteiger partial charge in [-0.2, -0.15) is 0 Å². The molecule has 5 fully saturated rings. The Morgan fingerprint density at radius 1 is 0.758 bits per heavy atom. The molecule has 0 spiro atoms. The highest BCUT2D eigenvalue weighted by Gasteiger charge is 2.72. The van der Waals surface area contributed by atoms with Crippen LogP contribution < -0.4 is 0 Å². The lowest BCUT2D eigenvalue weighted by molar-refractivity contribution is -0.259. The topological polar surface area (TPSA) is 54.4 Å². The molecule has 186 valence electrons. The first kappa shape index (κ1) is 23.9. The van der Waals surface area contributed by atoms with Gasteiger partial charge in [-0.1, -0.05) is 48.5 Å². The molecule has 5 aliphatic rings. The number of carboxylic acids is 1. The fraction of sp³-hybridized carbons (Fsp3) is 0.933. The summed E-state index contributed by atoms with van der Waals surface area (Å²) in [6, 6.07) is 0. The summed E-state index contributed by atoms with van der Waals surface area (Å²) in [6.07, 6.45) is 11.4. The minimum atomic E-state index is -0.521. The smallest absolute Gasteiger partial charge is 0.309 e. The van der Waals surface area contributed by atoms with Crippen molar-refractivity contribution in [2.75, 3.05) is 0 Å². The third kappa shape index (κ3) is 2.80. The summed E-state index contributed by atoms with van der Waals surface area (Å²) in [6.45, 7) is 17.0. The fourth-order valence-corrected chi connectivity index (χ4v) is 11.2. The molecule has 5 aliphatic carbocycles. The zero-order valence-electron chi connectivity index (χ0n) is 22.4. The Hall–Kier alpha value is -0.860. The third-order valence-corrected chi connectivity index (χ3v) is 13.7. The van der Waals surface area contributed by atoms with E-state index in [0.29, 0.717) is 17.6 Å². The van der Waals surface area contributed by atoms with Gasteiger partial charge in [-0.3, -0.25) is 9.59 Å².